The summed E-state index contributed by atoms with van der Waals surface area (Å²) in [6.07, 6.45) is 11.2. The van der Waals surface area contributed by atoms with Crippen LogP contribution in [-0.4, -0.2) is 16.3 Å². The molecule has 0 aliphatic heterocycles. The summed E-state index contributed by atoms with van der Waals surface area (Å²) in [4.78, 5) is 0. The first-order valence-corrected chi connectivity index (χ1v) is 6.60. The van der Waals surface area contributed by atoms with Crippen molar-refractivity contribution in [2.45, 2.75) is 52.1 Å². The van der Waals surface area contributed by atoms with Crippen LogP contribution in [0.2, 0.25) is 0 Å². The largest absolute Gasteiger partial charge is 0.312 e. The molecule has 1 aromatic heterocycles. The molecule has 3 nitrogen and oxygen atoms in total. The second-order valence-corrected chi connectivity index (χ2v) is 4.84. The number of rotatable bonds is 5. The van der Waals surface area contributed by atoms with E-state index >= 15 is 0 Å². The van der Waals surface area contributed by atoms with Gasteiger partial charge < -0.3 is 5.32 Å². The van der Waals surface area contributed by atoms with Crippen LogP contribution in [0.25, 0.3) is 0 Å². The summed E-state index contributed by atoms with van der Waals surface area (Å²) >= 11 is 0. The zero-order valence-corrected chi connectivity index (χ0v) is 10.3. The van der Waals surface area contributed by atoms with Crippen molar-refractivity contribution in [2.24, 2.45) is 5.92 Å². The Kier molecular flexibility index (Phi) is 4.40. The lowest BCUT2D eigenvalue weighted by atomic mass is 9.89. The fourth-order valence-electron chi connectivity index (χ4n) is 2.48. The molecule has 1 fully saturated rings. The van der Waals surface area contributed by atoms with E-state index in [2.05, 4.69) is 23.5 Å². The van der Waals surface area contributed by atoms with Crippen molar-refractivity contribution >= 4 is 0 Å². The van der Waals surface area contributed by atoms with E-state index in [1.54, 1.807) is 0 Å². The molecule has 1 aliphatic rings. The Hall–Kier alpha value is -0.830. The number of hydrogen-bond donors (Lipinski definition) is 1. The molecule has 1 heterocycles. The predicted molar refractivity (Wildman–Crippen MR) is 66.2 cm³/mol. The second-order valence-electron chi connectivity index (χ2n) is 4.84. The van der Waals surface area contributed by atoms with Crippen LogP contribution in [0.15, 0.2) is 12.4 Å². The predicted octanol–water partition coefficient (Wildman–Crippen LogP) is 2.57. The van der Waals surface area contributed by atoms with Crippen molar-refractivity contribution in [3.05, 3.63) is 18.0 Å². The minimum absolute atomic E-state index is 0.912. The smallest absolute Gasteiger partial charge is 0.0534 e. The van der Waals surface area contributed by atoms with Gasteiger partial charge in [-0.2, -0.15) is 5.10 Å². The van der Waals surface area contributed by atoms with E-state index in [0.717, 1.165) is 19.0 Å². The molecule has 1 aliphatic carbocycles. The zero-order chi connectivity index (χ0) is 11.2. The molecule has 0 radical (unpaired) electrons. The maximum atomic E-state index is 4.28. The molecule has 1 aromatic rings. The molecule has 3 heteroatoms. The average molecular weight is 221 g/mol. The Morgan fingerprint density at radius 1 is 1.38 bits per heavy atom. The maximum absolute atomic E-state index is 4.28. The lowest BCUT2D eigenvalue weighted by Gasteiger charge is -2.21. The van der Waals surface area contributed by atoms with Crippen LogP contribution < -0.4 is 5.32 Å². The van der Waals surface area contributed by atoms with Gasteiger partial charge in [-0.25, -0.2) is 0 Å². The van der Waals surface area contributed by atoms with Gasteiger partial charge in [-0.05, 0) is 32.2 Å². The molecule has 0 saturated heterocycles. The van der Waals surface area contributed by atoms with Crippen LogP contribution >= 0.6 is 0 Å². The van der Waals surface area contributed by atoms with Crippen molar-refractivity contribution in [3.8, 4) is 0 Å². The van der Waals surface area contributed by atoms with Crippen LogP contribution in [0.5, 0.6) is 0 Å². The maximum Gasteiger partial charge on any atom is 0.0534 e. The topological polar surface area (TPSA) is 29.9 Å². The Balaban J connectivity index is 1.66. The molecule has 1 saturated carbocycles. The quantitative estimate of drug-likeness (QED) is 0.828. The normalized spacial score (nSPS) is 17.8. The van der Waals surface area contributed by atoms with Crippen molar-refractivity contribution in [1.82, 2.24) is 15.1 Å². The van der Waals surface area contributed by atoms with Crippen LogP contribution in [0.3, 0.4) is 0 Å². The first-order valence-electron chi connectivity index (χ1n) is 6.60. The molecule has 90 valence electrons. The van der Waals surface area contributed by atoms with Gasteiger partial charge in [-0.15, -0.1) is 0 Å². The van der Waals surface area contributed by atoms with Gasteiger partial charge in [0.15, 0.2) is 0 Å². The summed E-state index contributed by atoms with van der Waals surface area (Å²) in [6, 6.07) is 0. The molecular weight excluding hydrogens is 198 g/mol. The number of aromatic nitrogens is 2. The lowest BCUT2D eigenvalue weighted by molar-refractivity contribution is 0.342. The van der Waals surface area contributed by atoms with Crippen molar-refractivity contribution in [3.63, 3.8) is 0 Å². The third-order valence-electron chi connectivity index (χ3n) is 3.50. The summed E-state index contributed by atoms with van der Waals surface area (Å²) in [7, 11) is 0. The molecule has 1 N–H and O–H groups in total. The molecule has 0 amide bonds. The molecule has 2 rings (SSSR count). The molecule has 0 aromatic carbocycles. The monoisotopic (exact) mass is 221 g/mol. The van der Waals surface area contributed by atoms with Gasteiger partial charge in [0, 0.05) is 24.8 Å². The fraction of sp³-hybridized carbons (Fsp3) is 0.769. The summed E-state index contributed by atoms with van der Waals surface area (Å²) in [6.45, 7) is 5.22. The third-order valence-corrected chi connectivity index (χ3v) is 3.50. The highest BCUT2D eigenvalue weighted by Crippen LogP contribution is 2.22. The first-order chi connectivity index (χ1) is 7.88. The van der Waals surface area contributed by atoms with E-state index in [1.807, 2.05) is 10.9 Å². The second kappa shape index (κ2) is 6.04. The van der Waals surface area contributed by atoms with Gasteiger partial charge in [0.1, 0.15) is 0 Å². The van der Waals surface area contributed by atoms with E-state index in [9.17, 15) is 0 Å². The molecule has 16 heavy (non-hydrogen) atoms. The van der Waals surface area contributed by atoms with E-state index in [1.165, 1.54) is 44.2 Å². The lowest BCUT2D eigenvalue weighted by Crippen LogP contribution is -2.23. The Morgan fingerprint density at radius 2 is 2.19 bits per heavy atom. The number of aryl methyl sites for hydroxylation is 1. The Morgan fingerprint density at radius 3 is 2.88 bits per heavy atom. The van der Waals surface area contributed by atoms with Crippen LogP contribution in [0, 0.1) is 5.92 Å². The van der Waals surface area contributed by atoms with Crippen LogP contribution in [0.1, 0.15) is 44.6 Å². The summed E-state index contributed by atoms with van der Waals surface area (Å²) in [5, 5.41) is 7.83. The molecule has 0 spiro atoms. The SMILES string of the molecule is CCn1cc(CNCC2CCCCC2)cn1. The van der Waals surface area contributed by atoms with Gasteiger partial charge in [0.05, 0.1) is 6.20 Å². The number of nitrogens with one attached hydrogen (secondary N) is 1. The van der Waals surface area contributed by atoms with Gasteiger partial charge in [-0.1, -0.05) is 19.3 Å². The Labute approximate surface area is 98.2 Å². The highest BCUT2D eigenvalue weighted by molar-refractivity contribution is 5.03. The summed E-state index contributed by atoms with van der Waals surface area (Å²) in [5.41, 5.74) is 1.30. The van der Waals surface area contributed by atoms with Gasteiger partial charge in [0.2, 0.25) is 0 Å². The summed E-state index contributed by atoms with van der Waals surface area (Å²) < 4.78 is 1.98. The highest BCUT2D eigenvalue weighted by Gasteiger charge is 2.12. The van der Waals surface area contributed by atoms with Gasteiger partial charge >= 0.3 is 0 Å². The number of nitrogens with zero attached hydrogens (tertiary/aromatic N) is 2. The van der Waals surface area contributed by atoms with E-state index in [0.29, 0.717) is 0 Å². The average Bonchev–Trinajstić information content (AvgIpc) is 2.78. The highest BCUT2D eigenvalue weighted by atomic mass is 15.3. The Bertz CT molecular complexity index is 300. The molecule has 0 unspecified atom stereocenters. The van der Waals surface area contributed by atoms with Crippen molar-refractivity contribution < 1.29 is 0 Å². The van der Waals surface area contributed by atoms with E-state index in [-0.39, 0.29) is 0 Å². The standard InChI is InChI=1S/C13H23N3/c1-2-16-11-13(10-15-16)9-14-8-12-6-4-3-5-7-12/h10-12,14H,2-9H2,1H3. The molecule has 0 bridgehead atoms. The summed E-state index contributed by atoms with van der Waals surface area (Å²) in [5.74, 6) is 0.912. The minimum Gasteiger partial charge on any atom is -0.312 e. The van der Waals surface area contributed by atoms with Gasteiger partial charge in [-0.3, -0.25) is 4.68 Å². The van der Waals surface area contributed by atoms with E-state index in [4.69, 9.17) is 0 Å². The van der Waals surface area contributed by atoms with Gasteiger partial charge in [0.25, 0.3) is 0 Å². The molecule has 0 atom stereocenters. The molecular formula is C13H23N3. The van der Waals surface area contributed by atoms with Crippen LogP contribution in [-0.2, 0) is 13.1 Å². The number of hydrogen-bond acceptors (Lipinski definition) is 2. The first kappa shape index (κ1) is 11.6. The van der Waals surface area contributed by atoms with E-state index < -0.39 is 0 Å². The third kappa shape index (κ3) is 3.34. The van der Waals surface area contributed by atoms with Crippen LogP contribution in [0.4, 0.5) is 0 Å². The minimum atomic E-state index is 0.912. The van der Waals surface area contributed by atoms with Crippen molar-refractivity contribution in [1.29, 1.82) is 0 Å². The fourth-order valence-corrected chi connectivity index (χ4v) is 2.48. The zero-order valence-electron chi connectivity index (χ0n) is 10.3. The van der Waals surface area contributed by atoms with Crippen molar-refractivity contribution in [2.75, 3.05) is 6.54 Å².